The Labute approximate surface area is 164 Å². The number of benzene rings is 2. The highest BCUT2D eigenvalue weighted by atomic mass is 16.5. The molecule has 0 aliphatic carbocycles. The van der Waals surface area contributed by atoms with E-state index in [2.05, 4.69) is 5.32 Å². The van der Waals surface area contributed by atoms with Gasteiger partial charge in [-0.05, 0) is 42.0 Å². The highest BCUT2D eigenvalue weighted by Crippen LogP contribution is 2.30. The minimum atomic E-state index is -0.141. The number of hydrogen-bond acceptors (Lipinski definition) is 4. The van der Waals surface area contributed by atoms with E-state index in [1.807, 2.05) is 53.4 Å². The zero-order valence-electron chi connectivity index (χ0n) is 16.2. The maximum absolute atomic E-state index is 12.8. The monoisotopic (exact) mass is 380 g/mol. The molecule has 0 saturated carbocycles. The molecule has 1 amide bonds. The third-order valence-electron chi connectivity index (χ3n) is 4.55. The summed E-state index contributed by atoms with van der Waals surface area (Å²) >= 11 is 0. The zero-order chi connectivity index (χ0) is 19.9. The molecule has 6 nitrogen and oxygen atoms in total. The van der Waals surface area contributed by atoms with Crippen LogP contribution in [-0.4, -0.2) is 31.8 Å². The quantitative estimate of drug-likeness (QED) is 0.638. The minimum Gasteiger partial charge on any atom is -0.497 e. The minimum absolute atomic E-state index is 0.124. The van der Waals surface area contributed by atoms with Gasteiger partial charge in [0.25, 0.3) is 0 Å². The number of aromatic nitrogens is 1. The SMILES string of the molecule is COc1ccc([C@@H](CC(=O)Nc2cc(OC)ccc2OC)n2cccc2)cc1. The van der Waals surface area contributed by atoms with E-state index < -0.39 is 0 Å². The molecule has 0 spiro atoms. The number of amides is 1. The summed E-state index contributed by atoms with van der Waals surface area (Å²) in [4.78, 5) is 12.8. The fraction of sp³-hybridized carbons (Fsp3) is 0.227. The van der Waals surface area contributed by atoms with Crippen LogP contribution in [-0.2, 0) is 4.79 Å². The number of anilines is 1. The fourth-order valence-corrected chi connectivity index (χ4v) is 3.07. The van der Waals surface area contributed by atoms with Crippen LogP contribution >= 0.6 is 0 Å². The Kier molecular flexibility index (Phi) is 6.22. The molecule has 0 saturated heterocycles. The van der Waals surface area contributed by atoms with Crippen molar-refractivity contribution in [2.45, 2.75) is 12.5 Å². The first-order chi connectivity index (χ1) is 13.6. The molecule has 1 aromatic heterocycles. The Balaban J connectivity index is 1.82. The van der Waals surface area contributed by atoms with Gasteiger partial charge in [0.1, 0.15) is 17.2 Å². The number of carbonyl (C=O) groups is 1. The van der Waals surface area contributed by atoms with E-state index >= 15 is 0 Å². The summed E-state index contributed by atoms with van der Waals surface area (Å²) in [5.74, 6) is 1.88. The van der Waals surface area contributed by atoms with Crippen LogP contribution in [0.15, 0.2) is 67.0 Å². The second-order valence-corrected chi connectivity index (χ2v) is 6.24. The van der Waals surface area contributed by atoms with Crippen molar-refractivity contribution < 1.29 is 19.0 Å². The smallest absolute Gasteiger partial charge is 0.226 e. The summed E-state index contributed by atoms with van der Waals surface area (Å²) in [6.45, 7) is 0. The van der Waals surface area contributed by atoms with Gasteiger partial charge in [0, 0.05) is 18.5 Å². The number of methoxy groups -OCH3 is 3. The molecule has 0 fully saturated rings. The molecule has 0 aliphatic heterocycles. The Morgan fingerprint density at radius 2 is 1.57 bits per heavy atom. The molecule has 2 aromatic carbocycles. The molecule has 1 N–H and O–H groups in total. The van der Waals surface area contributed by atoms with E-state index in [4.69, 9.17) is 14.2 Å². The molecule has 6 heteroatoms. The van der Waals surface area contributed by atoms with Crippen molar-refractivity contribution in [1.82, 2.24) is 4.57 Å². The topological polar surface area (TPSA) is 61.7 Å². The van der Waals surface area contributed by atoms with Gasteiger partial charge in [-0.25, -0.2) is 0 Å². The van der Waals surface area contributed by atoms with Gasteiger partial charge in [-0.15, -0.1) is 0 Å². The van der Waals surface area contributed by atoms with Crippen LogP contribution in [0.5, 0.6) is 17.2 Å². The molecular formula is C22H24N2O4. The third kappa shape index (κ3) is 4.46. The molecular weight excluding hydrogens is 356 g/mol. The largest absolute Gasteiger partial charge is 0.497 e. The molecule has 3 aromatic rings. The van der Waals surface area contributed by atoms with E-state index in [0.717, 1.165) is 11.3 Å². The van der Waals surface area contributed by atoms with E-state index in [0.29, 0.717) is 17.2 Å². The lowest BCUT2D eigenvalue weighted by Crippen LogP contribution is -2.20. The van der Waals surface area contributed by atoms with Gasteiger partial charge in [-0.2, -0.15) is 0 Å². The number of carbonyl (C=O) groups excluding carboxylic acids is 1. The van der Waals surface area contributed by atoms with Crippen LogP contribution in [0.1, 0.15) is 18.0 Å². The lowest BCUT2D eigenvalue weighted by atomic mass is 10.0. The normalized spacial score (nSPS) is 11.5. The van der Waals surface area contributed by atoms with Gasteiger partial charge in [-0.3, -0.25) is 4.79 Å². The average molecular weight is 380 g/mol. The van der Waals surface area contributed by atoms with E-state index in [1.54, 1.807) is 39.5 Å². The first-order valence-corrected chi connectivity index (χ1v) is 8.93. The molecule has 28 heavy (non-hydrogen) atoms. The molecule has 0 bridgehead atoms. The van der Waals surface area contributed by atoms with Crippen molar-refractivity contribution in [3.8, 4) is 17.2 Å². The second-order valence-electron chi connectivity index (χ2n) is 6.24. The highest BCUT2D eigenvalue weighted by Gasteiger charge is 2.19. The highest BCUT2D eigenvalue weighted by molar-refractivity contribution is 5.93. The van der Waals surface area contributed by atoms with Crippen LogP contribution in [0, 0.1) is 0 Å². The molecule has 1 heterocycles. The number of rotatable bonds is 8. The molecule has 146 valence electrons. The molecule has 1 atom stereocenters. The number of nitrogens with zero attached hydrogens (tertiary/aromatic N) is 1. The van der Waals surface area contributed by atoms with Crippen LogP contribution in [0.25, 0.3) is 0 Å². The number of hydrogen-bond donors (Lipinski definition) is 1. The maximum Gasteiger partial charge on any atom is 0.226 e. The Morgan fingerprint density at radius 3 is 2.18 bits per heavy atom. The van der Waals surface area contributed by atoms with Crippen LogP contribution in [0.4, 0.5) is 5.69 Å². The summed E-state index contributed by atoms with van der Waals surface area (Å²) in [6.07, 6.45) is 4.17. The Hall–Kier alpha value is -3.41. The predicted octanol–water partition coefficient (Wildman–Crippen LogP) is 4.13. The van der Waals surface area contributed by atoms with Gasteiger partial charge in [0.15, 0.2) is 0 Å². The van der Waals surface area contributed by atoms with Gasteiger partial charge >= 0.3 is 0 Å². The predicted molar refractivity (Wildman–Crippen MR) is 108 cm³/mol. The van der Waals surface area contributed by atoms with Gasteiger partial charge < -0.3 is 24.1 Å². The van der Waals surface area contributed by atoms with Gasteiger partial charge in [0.2, 0.25) is 5.91 Å². The van der Waals surface area contributed by atoms with Crippen LogP contribution in [0.3, 0.4) is 0 Å². The summed E-state index contributed by atoms with van der Waals surface area (Å²) in [5.41, 5.74) is 1.59. The average Bonchev–Trinajstić information content (AvgIpc) is 3.26. The van der Waals surface area contributed by atoms with Crippen molar-refractivity contribution in [1.29, 1.82) is 0 Å². The first-order valence-electron chi connectivity index (χ1n) is 8.93. The Bertz CT molecular complexity index is 905. The number of ether oxygens (including phenoxy) is 3. The van der Waals surface area contributed by atoms with E-state index in [9.17, 15) is 4.79 Å². The van der Waals surface area contributed by atoms with Gasteiger partial charge in [0.05, 0.1) is 39.5 Å². The molecule has 0 radical (unpaired) electrons. The Morgan fingerprint density at radius 1 is 0.929 bits per heavy atom. The summed E-state index contributed by atoms with van der Waals surface area (Å²) in [7, 11) is 4.78. The maximum atomic E-state index is 12.8. The van der Waals surface area contributed by atoms with Crippen molar-refractivity contribution in [2.24, 2.45) is 0 Å². The van der Waals surface area contributed by atoms with Gasteiger partial charge in [-0.1, -0.05) is 12.1 Å². The third-order valence-corrected chi connectivity index (χ3v) is 4.55. The zero-order valence-corrected chi connectivity index (χ0v) is 16.2. The van der Waals surface area contributed by atoms with E-state index in [-0.39, 0.29) is 18.4 Å². The van der Waals surface area contributed by atoms with Crippen LogP contribution in [0.2, 0.25) is 0 Å². The standard InChI is InChI=1S/C22H24N2O4/c1-26-17-8-6-16(7-9-17)20(24-12-4-5-13-24)15-22(25)23-19-14-18(27-2)10-11-21(19)28-3/h4-14,20H,15H2,1-3H3,(H,23,25)/t20-/m1/s1. The van der Waals surface area contributed by atoms with Crippen molar-refractivity contribution in [3.63, 3.8) is 0 Å². The molecule has 0 aliphatic rings. The fourth-order valence-electron chi connectivity index (χ4n) is 3.07. The molecule has 3 rings (SSSR count). The van der Waals surface area contributed by atoms with Crippen molar-refractivity contribution in [2.75, 3.05) is 26.6 Å². The lowest BCUT2D eigenvalue weighted by Gasteiger charge is -2.20. The summed E-state index contributed by atoms with van der Waals surface area (Å²) < 4.78 is 17.8. The van der Waals surface area contributed by atoms with Crippen LogP contribution < -0.4 is 19.5 Å². The molecule has 0 unspecified atom stereocenters. The summed E-state index contributed by atoms with van der Waals surface area (Å²) in [5, 5.41) is 2.94. The summed E-state index contributed by atoms with van der Waals surface area (Å²) in [6, 6.07) is 16.8. The van der Waals surface area contributed by atoms with E-state index in [1.165, 1.54) is 0 Å². The number of nitrogens with one attached hydrogen (secondary N) is 1. The van der Waals surface area contributed by atoms with Crippen molar-refractivity contribution >= 4 is 11.6 Å². The second kappa shape index (κ2) is 8.99. The lowest BCUT2D eigenvalue weighted by molar-refractivity contribution is -0.116. The first kappa shape index (κ1) is 19.4. The van der Waals surface area contributed by atoms with Crippen molar-refractivity contribution in [3.05, 3.63) is 72.6 Å².